The van der Waals surface area contributed by atoms with Crippen LogP contribution in [0.4, 0.5) is 4.39 Å². The van der Waals surface area contributed by atoms with Crippen LogP contribution < -0.4 is 4.72 Å². The Bertz CT molecular complexity index is 695. The molecule has 0 atom stereocenters. The zero-order valence-corrected chi connectivity index (χ0v) is 11.3. The fourth-order valence-electron chi connectivity index (χ4n) is 1.66. The van der Waals surface area contributed by atoms with Crippen LogP contribution in [-0.4, -0.2) is 13.6 Å². The van der Waals surface area contributed by atoms with Crippen LogP contribution in [0.1, 0.15) is 17.0 Å². The van der Waals surface area contributed by atoms with Crippen molar-refractivity contribution in [2.24, 2.45) is 0 Å². The van der Waals surface area contributed by atoms with Gasteiger partial charge in [-0.25, -0.2) is 17.5 Å². The van der Waals surface area contributed by atoms with Crippen molar-refractivity contribution < 1.29 is 17.3 Å². The smallest absolute Gasteiger partial charge is 0.241 e. The maximum atomic E-state index is 13.0. The van der Waals surface area contributed by atoms with Crippen LogP contribution in [0.3, 0.4) is 0 Å². The molecule has 0 aliphatic rings. The second kappa shape index (κ2) is 5.10. The Kier molecular flexibility index (Phi) is 3.68. The van der Waals surface area contributed by atoms with Crippen LogP contribution in [0.25, 0.3) is 0 Å². The molecule has 1 heterocycles. The monoisotopic (exact) mass is 284 g/mol. The van der Waals surface area contributed by atoms with E-state index < -0.39 is 15.8 Å². The lowest BCUT2D eigenvalue weighted by atomic mass is 10.2. The van der Waals surface area contributed by atoms with Crippen LogP contribution in [0.2, 0.25) is 0 Å². The van der Waals surface area contributed by atoms with Crippen LogP contribution in [0.5, 0.6) is 0 Å². The quantitative estimate of drug-likeness (QED) is 0.931. The summed E-state index contributed by atoms with van der Waals surface area (Å²) in [5, 5.41) is 3.69. The zero-order valence-electron chi connectivity index (χ0n) is 10.5. The van der Waals surface area contributed by atoms with Gasteiger partial charge in [-0.2, -0.15) is 0 Å². The third kappa shape index (κ3) is 3.18. The molecule has 5 nitrogen and oxygen atoms in total. The number of benzene rings is 1. The van der Waals surface area contributed by atoms with Crippen LogP contribution in [0.15, 0.2) is 33.7 Å². The maximum absolute atomic E-state index is 13.0. The molecule has 0 unspecified atom stereocenters. The number of hydrogen-bond acceptors (Lipinski definition) is 4. The van der Waals surface area contributed by atoms with Crippen LogP contribution in [-0.2, 0) is 16.6 Å². The van der Waals surface area contributed by atoms with Gasteiger partial charge in [0.1, 0.15) is 11.6 Å². The highest BCUT2D eigenvalue weighted by molar-refractivity contribution is 7.89. The van der Waals surface area contributed by atoms with Crippen molar-refractivity contribution >= 4 is 10.0 Å². The standard InChI is InChI=1S/C12H13FN2O3S/c1-8-5-10(13)3-4-12(8)19(16,17)14-7-11-6-9(2)18-15-11/h3-6,14H,7H2,1-2H3. The average Bonchev–Trinajstić information content (AvgIpc) is 2.72. The first kappa shape index (κ1) is 13.7. The summed E-state index contributed by atoms with van der Waals surface area (Å²) in [5.74, 6) is 0.135. The van der Waals surface area contributed by atoms with E-state index >= 15 is 0 Å². The van der Waals surface area contributed by atoms with Gasteiger partial charge in [0, 0.05) is 6.07 Å². The van der Waals surface area contributed by atoms with Gasteiger partial charge in [-0.15, -0.1) is 0 Å². The van der Waals surface area contributed by atoms with Gasteiger partial charge in [-0.05, 0) is 37.6 Å². The molecule has 7 heteroatoms. The van der Waals surface area contributed by atoms with E-state index in [0.717, 1.165) is 6.07 Å². The van der Waals surface area contributed by atoms with Gasteiger partial charge in [-0.3, -0.25) is 0 Å². The number of sulfonamides is 1. The van der Waals surface area contributed by atoms with Gasteiger partial charge < -0.3 is 4.52 Å². The molecule has 0 amide bonds. The van der Waals surface area contributed by atoms with Crippen molar-refractivity contribution in [2.75, 3.05) is 0 Å². The van der Waals surface area contributed by atoms with Gasteiger partial charge in [0.05, 0.1) is 17.1 Å². The lowest BCUT2D eigenvalue weighted by Gasteiger charge is -2.08. The summed E-state index contributed by atoms with van der Waals surface area (Å²) in [6, 6.07) is 5.16. The topological polar surface area (TPSA) is 72.2 Å². The second-order valence-electron chi connectivity index (χ2n) is 4.16. The Morgan fingerprint density at radius 3 is 2.63 bits per heavy atom. The highest BCUT2D eigenvalue weighted by Crippen LogP contribution is 2.16. The molecular weight excluding hydrogens is 271 g/mol. The first-order valence-corrected chi connectivity index (χ1v) is 7.05. The van der Waals surface area contributed by atoms with Crippen molar-refractivity contribution in [1.82, 2.24) is 9.88 Å². The lowest BCUT2D eigenvalue weighted by Crippen LogP contribution is -2.24. The molecule has 102 valence electrons. The van der Waals surface area contributed by atoms with Crippen molar-refractivity contribution in [1.29, 1.82) is 0 Å². The molecule has 1 aromatic carbocycles. The molecule has 0 spiro atoms. The molecular formula is C12H13FN2O3S. The maximum Gasteiger partial charge on any atom is 0.241 e. The summed E-state index contributed by atoms with van der Waals surface area (Å²) in [5.41, 5.74) is 0.838. The number of nitrogens with one attached hydrogen (secondary N) is 1. The molecule has 0 saturated carbocycles. The first-order valence-electron chi connectivity index (χ1n) is 5.56. The van der Waals surface area contributed by atoms with E-state index in [1.165, 1.54) is 19.1 Å². The van der Waals surface area contributed by atoms with Crippen molar-refractivity contribution in [3.05, 3.63) is 47.1 Å². The molecule has 2 rings (SSSR count). The highest BCUT2D eigenvalue weighted by Gasteiger charge is 2.17. The number of aromatic nitrogens is 1. The van der Waals surface area contributed by atoms with E-state index in [-0.39, 0.29) is 11.4 Å². The number of halogens is 1. The molecule has 19 heavy (non-hydrogen) atoms. The molecule has 0 saturated heterocycles. The van der Waals surface area contributed by atoms with E-state index in [9.17, 15) is 12.8 Å². The molecule has 0 aliphatic heterocycles. The number of nitrogens with zero attached hydrogens (tertiary/aromatic N) is 1. The van der Waals surface area contributed by atoms with Gasteiger partial charge in [0.2, 0.25) is 10.0 Å². The normalized spacial score (nSPS) is 11.7. The molecule has 1 aromatic heterocycles. The van der Waals surface area contributed by atoms with E-state index in [1.54, 1.807) is 13.0 Å². The Balaban J connectivity index is 2.18. The Labute approximate surface area is 110 Å². The third-order valence-electron chi connectivity index (χ3n) is 2.55. The fraction of sp³-hybridized carbons (Fsp3) is 0.250. The van der Waals surface area contributed by atoms with Crippen LogP contribution >= 0.6 is 0 Å². The third-order valence-corrected chi connectivity index (χ3v) is 4.11. The Morgan fingerprint density at radius 2 is 2.05 bits per heavy atom. The van der Waals surface area contributed by atoms with Gasteiger partial charge in [-0.1, -0.05) is 5.16 Å². The summed E-state index contributed by atoms with van der Waals surface area (Å²) >= 11 is 0. The summed E-state index contributed by atoms with van der Waals surface area (Å²) < 4.78 is 44.3. The SMILES string of the molecule is Cc1cc(CNS(=O)(=O)c2ccc(F)cc2C)no1. The second-order valence-corrected chi connectivity index (χ2v) is 5.90. The fourth-order valence-corrected chi connectivity index (χ4v) is 2.89. The number of rotatable bonds is 4. The van der Waals surface area contributed by atoms with Crippen molar-refractivity contribution in [3.8, 4) is 0 Å². The molecule has 1 N–H and O–H groups in total. The van der Waals surface area contributed by atoms with Crippen molar-refractivity contribution in [2.45, 2.75) is 25.3 Å². The Hall–Kier alpha value is -1.73. The molecule has 0 fully saturated rings. The van der Waals surface area contributed by atoms with E-state index in [1.807, 2.05) is 0 Å². The van der Waals surface area contributed by atoms with Gasteiger partial charge >= 0.3 is 0 Å². The largest absolute Gasteiger partial charge is 0.361 e. The molecule has 0 radical (unpaired) electrons. The average molecular weight is 284 g/mol. The minimum absolute atomic E-state index is 0.0243. The number of aryl methyl sites for hydroxylation is 2. The van der Waals surface area contributed by atoms with Gasteiger partial charge in [0.15, 0.2) is 0 Å². The summed E-state index contributed by atoms with van der Waals surface area (Å²) in [6.45, 7) is 3.28. The minimum Gasteiger partial charge on any atom is -0.361 e. The molecule has 0 aliphatic carbocycles. The van der Waals surface area contributed by atoms with Crippen molar-refractivity contribution in [3.63, 3.8) is 0 Å². The lowest BCUT2D eigenvalue weighted by molar-refractivity contribution is 0.390. The van der Waals surface area contributed by atoms with Gasteiger partial charge in [0.25, 0.3) is 0 Å². The highest BCUT2D eigenvalue weighted by atomic mass is 32.2. The minimum atomic E-state index is -3.69. The van der Waals surface area contributed by atoms with E-state index in [0.29, 0.717) is 17.0 Å². The predicted molar refractivity (Wildman–Crippen MR) is 66.4 cm³/mol. The Morgan fingerprint density at radius 1 is 1.32 bits per heavy atom. The number of hydrogen-bond donors (Lipinski definition) is 1. The molecule has 0 bridgehead atoms. The summed E-state index contributed by atoms with van der Waals surface area (Å²) in [7, 11) is -3.69. The molecule has 2 aromatic rings. The van der Waals surface area contributed by atoms with E-state index in [4.69, 9.17) is 4.52 Å². The van der Waals surface area contributed by atoms with E-state index in [2.05, 4.69) is 9.88 Å². The first-order chi connectivity index (χ1) is 8.88. The van der Waals surface area contributed by atoms with Crippen LogP contribution in [0, 0.1) is 19.7 Å². The predicted octanol–water partition coefficient (Wildman–Crippen LogP) is 1.91. The summed E-state index contributed by atoms with van der Waals surface area (Å²) in [6.07, 6.45) is 0. The summed E-state index contributed by atoms with van der Waals surface area (Å²) in [4.78, 5) is 0.0501. The zero-order chi connectivity index (χ0) is 14.0.